The smallest absolute Gasteiger partial charge is 0.409 e. The van der Waals surface area contributed by atoms with Crippen molar-refractivity contribution in [2.24, 2.45) is 0 Å². The molecular weight excluding hydrogens is 1200 g/mol. The molecule has 4 aromatic rings. The fourth-order valence-corrected chi connectivity index (χ4v) is 12.9. The number of hydrogen-bond donors (Lipinski definition) is 2. The summed E-state index contributed by atoms with van der Waals surface area (Å²) in [4.78, 5) is 80.0. The summed E-state index contributed by atoms with van der Waals surface area (Å²) in [6.07, 6.45) is -8.61. The molecule has 0 bridgehead atoms. The standard InChI is InChI=1S/C62H86N5O22P/c1-39(2)67(40(3)4)90(74,83-36-34-80-32-30-78-28-27-77-29-31-79-33-35-81-60-55(64-42(6)69)59(85-45(9)72)58(84-44(8)71)52(86-60)38-82-43(7)70)89-51-37-54(66-26-25-53(63)65-61(66)73)87-57(51)56(41(5)68)88-62(46-15-13-12-14-16-46,47-17-21-49(75-10)22-18-47)48-19-23-50(76-11)24-20-48/h12-26,39-40,51-52,54-60H,27-38H2,1-11H3,(H,64,69)(H2,63,65,73)/t51-,52+,54+,55+,56?,57-,58-,59+,60+,90?/m0/s1. The number of ketones is 1. The second-order valence-electron chi connectivity index (χ2n) is 21.5. The van der Waals surface area contributed by atoms with Gasteiger partial charge in [-0.05, 0) is 81.6 Å². The van der Waals surface area contributed by atoms with Crippen LogP contribution in [-0.2, 0) is 95.3 Å². The van der Waals surface area contributed by atoms with E-state index < -0.39 is 104 Å². The van der Waals surface area contributed by atoms with Crippen LogP contribution in [0.15, 0.2) is 95.9 Å². The van der Waals surface area contributed by atoms with Crippen molar-refractivity contribution in [1.82, 2.24) is 19.5 Å². The van der Waals surface area contributed by atoms with Gasteiger partial charge in [-0.15, -0.1) is 0 Å². The number of carbonyl (C=O) groups is 5. The van der Waals surface area contributed by atoms with Crippen molar-refractivity contribution < 1.29 is 99.2 Å². The van der Waals surface area contributed by atoms with E-state index in [4.69, 9.17) is 76.4 Å². The molecule has 1 aromatic heterocycles. The third-order valence-corrected chi connectivity index (χ3v) is 16.8. The molecular formula is C62H86N5O22P. The quantitative estimate of drug-likeness (QED) is 0.0186. The number of nitrogen functional groups attached to an aromatic ring is 1. The monoisotopic (exact) mass is 1280 g/mol. The molecule has 2 aliphatic heterocycles. The first kappa shape index (κ1) is 72.3. The molecule has 27 nitrogen and oxygen atoms in total. The molecule has 6 rings (SSSR count). The molecule has 3 heterocycles. The first-order valence-electron chi connectivity index (χ1n) is 29.6. The third-order valence-electron chi connectivity index (χ3n) is 14.2. The lowest BCUT2D eigenvalue weighted by Gasteiger charge is -2.44. The Morgan fingerprint density at radius 1 is 0.689 bits per heavy atom. The van der Waals surface area contributed by atoms with Crippen LogP contribution >= 0.6 is 7.75 Å². The van der Waals surface area contributed by atoms with Crippen molar-refractivity contribution in [3.8, 4) is 11.5 Å². The summed E-state index contributed by atoms with van der Waals surface area (Å²) in [6.45, 7) is 14.1. The number of anilines is 1. The highest BCUT2D eigenvalue weighted by Gasteiger charge is 2.54. The Morgan fingerprint density at radius 3 is 1.68 bits per heavy atom. The van der Waals surface area contributed by atoms with E-state index in [9.17, 15) is 28.8 Å². The molecule has 0 aliphatic carbocycles. The molecule has 90 heavy (non-hydrogen) atoms. The number of Topliss-reactive ketones (excluding diaryl/α,β-unsaturated/α-hetero) is 1. The van der Waals surface area contributed by atoms with Crippen LogP contribution in [0.5, 0.6) is 11.5 Å². The van der Waals surface area contributed by atoms with Crippen molar-refractivity contribution in [3.63, 3.8) is 0 Å². The van der Waals surface area contributed by atoms with Gasteiger partial charge in [0.1, 0.15) is 66.2 Å². The number of rotatable bonds is 37. The molecule has 0 radical (unpaired) electrons. The molecule has 2 aliphatic rings. The summed E-state index contributed by atoms with van der Waals surface area (Å²) in [6, 6.07) is 23.5. The highest BCUT2D eigenvalue weighted by Crippen LogP contribution is 2.58. The Labute approximate surface area is 524 Å². The van der Waals surface area contributed by atoms with Crippen molar-refractivity contribution in [2.45, 2.75) is 142 Å². The number of hydrogen-bond acceptors (Lipinski definition) is 24. The maximum atomic E-state index is 15.7. The summed E-state index contributed by atoms with van der Waals surface area (Å²) in [5, 5.41) is 2.64. The lowest BCUT2D eigenvalue weighted by atomic mass is 9.79. The van der Waals surface area contributed by atoms with Crippen LogP contribution < -0.4 is 26.2 Å². The minimum Gasteiger partial charge on any atom is -0.497 e. The van der Waals surface area contributed by atoms with Crippen molar-refractivity contribution in [1.29, 1.82) is 0 Å². The largest absolute Gasteiger partial charge is 0.497 e. The number of aromatic nitrogens is 2. The maximum Gasteiger partial charge on any atom is 0.409 e. The molecule has 28 heteroatoms. The first-order valence-corrected chi connectivity index (χ1v) is 31.1. The topological polar surface area (TPSA) is 317 Å². The molecule has 2 fully saturated rings. The van der Waals surface area contributed by atoms with Gasteiger partial charge in [0.2, 0.25) is 5.91 Å². The van der Waals surface area contributed by atoms with Crippen LogP contribution in [0.1, 0.15) is 91.7 Å². The van der Waals surface area contributed by atoms with Gasteiger partial charge in [0, 0.05) is 52.4 Å². The van der Waals surface area contributed by atoms with Gasteiger partial charge in [-0.1, -0.05) is 54.6 Å². The number of methoxy groups -OCH3 is 2. The van der Waals surface area contributed by atoms with Gasteiger partial charge in [0.05, 0.1) is 80.3 Å². The van der Waals surface area contributed by atoms with E-state index in [1.54, 1.807) is 43.2 Å². The van der Waals surface area contributed by atoms with Gasteiger partial charge in [-0.2, -0.15) is 4.98 Å². The number of benzene rings is 3. The predicted octanol–water partition coefficient (Wildman–Crippen LogP) is 5.46. The number of amides is 1. The summed E-state index contributed by atoms with van der Waals surface area (Å²) in [5.41, 5.74) is 5.57. The highest BCUT2D eigenvalue weighted by molar-refractivity contribution is 7.51. The average molecular weight is 1280 g/mol. The summed E-state index contributed by atoms with van der Waals surface area (Å²) in [5.74, 6) is -1.90. The SMILES string of the molecule is COc1ccc(C(OC(C(C)=O)[C@H]2O[C@@H](n3ccc(N)nc3=O)C[C@@H]2OP(=O)(OCCOCCOCCOCCOCCO[C@@H]2O[C@H](COC(C)=O)[C@H](OC(C)=O)[C@H](OC(C)=O)[C@H]2NC(C)=O)N(C(C)C)C(C)C)(c2ccccc2)c2ccc(OC)cc2)cc1. The van der Waals surface area contributed by atoms with Gasteiger partial charge < -0.3 is 72.6 Å². The molecule has 1 amide bonds. The van der Waals surface area contributed by atoms with Gasteiger partial charge >= 0.3 is 31.3 Å². The fraction of sp³-hybridized carbons (Fsp3) is 0.565. The number of nitrogens with zero attached hydrogens (tertiary/aromatic N) is 3. The van der Waals surface area contributed by atoms with Crippen LogP contribution in [0.25, 0.3) is 0 Å². The Hall–Kier alpha value is -6.72. The molecule has 10 atom stereocenters. The van der Waals surface area contributed by atoms with Crippen LogP contribution in [0, 0.1) is 0 Å². The maximum absolute atomic E-state index is 15.7. The summed E-state index contributed by atoms with van der Waals surface area (Å²) < 4.78 is 108. The molecule has 2 saturated heterocycles. The molecule has 496 valence electrons. The molecule has 0 spiro atoms. The lowest BCUT2D eigenvalue weighted by Crippen LogP contribution is -2.66. The zero-order valence-corrected chi connectivity index (χ0v) is 53.7. The first-order chi connectivity index (χ1) is 43.0. The highest BCUT2D eigenvalue weighted by atomic mass is 31.2. The average Bonchev–Trinajstić information content (AvgIpc) is 1.08. The van der Waals surface area contributed by atoms with E-state index in [1.165, 1.54) is 37.6 Å². The molecule has 3 aromatic carbocycles. The van der Waals surface area contributed by atoms with Gasteiger partial charge in [0.15, 0.2) is 24.3 Å². The second kappa shape index (κ2) is 35.2. The van der Waals surface area contributed by atoms with Crippen LogP contribution in [0.2, 0.25) is 0 Å². The summed E-state index contributed by atoms with van der Waals surface area (Å²) >= 11 is 0. The zero-order valence-electron chi connectivity index (χ0n) is 52.8. The van der Waals surface area contributed by atoms with Gasteiger partial charge in [-0.3, -0.25) is 37.6 Å². The van der Waals surface area contributed by atoms with E-state index in [0.29, 0.717) is 28.2 Å². The van der Waals surface area contributed by atoms with Crippen molar-refractivity contribution in [2.75, 3.05) is 92.6 Å². The molecule has 2 unspecified atom stereocenters. The minimum atomic E-state index is -4.37. The minimum absolute atomic E-state index is 0.0108. The normalized spacial score (nSPS) is 21.1. The third kappa shape index (κ3) is 20.1. The van der Waals surface area contributed by atoms with Crippen LogP contribution in [0.4, 0.5) is 5.82 Å². The molecule has 0 saturated carbocycles. The Morgan fingerprint density at radius 2 is 1.20 bits per heavy atom. The Balaban J connectivity index is 1.07. The van der Waals surface area contributed by atoms with Crippen LogP contribution in [-0.4, -0.2) is 192 Å². The zero-order chi connectivity index (χ0) is 65.5. The van der Waals surface area contributed by atoms with E-state index >= 15 is 4.57 Å². The number of nitrogens with two attached hydrogens (primary N) is 1. The number of carbonyl (C=O) groups excluding carboxylic acids is 5. The Kier molecular flexibility index (Phi) is 28.3. The van der Waals surface area contributed by atoms with Gasteiger partial charge in [0.25, 0.3) is 0 Å². The summed E-state index contributed by atoms with van der Waals surface area (Å²) in [7, 11) is -1.25. The molecule has 3 N–H and O–H groups in total. The van der Waals surface area contributed by atoms with E-state index in [2.05, 4.69) is 10.3 Å². The second-order valence-corrected chi connectivity index (χ2v) is 23.4. The predicted molar refractivity (Wildman–Crippen MR) is 323 cm³/mol. The van der Waals surface area contributed by atoms with E-state index in [0.717, 1.165) is 13.8 Å². The van der Waals surface area contributed by atoms with Gasteiger partial charge in [-0.25, -0.2) is 14.0 Å². The fourth-order valence-electron chi connectivity index (χ4n) is 10.6. The number of esters is 3. The van der Waals surface area contributed by atoms with Crippen LogP contribution in [0.3, 0.4) is 0 Å². The van der Waals surface area contributed by atoms with E-state index in [1.807, 2.05) is 82.3 Å². The van der Waals surface area contributed by atoms with Crippen molar-refractivity contribution >= 4 is 43.2 Å². The van der Waals surface area contributed by atoms with E-state index in [-0.39, 0.29) is 97.0 Å². The number of nitrogens with one attached hydrogen (secondary N) is 1. The number of ether oxygens (including phenoxy) is 13. The van der Waals surface area contributed by atoms with Crippen molar-refractivity contribution in [3.05, 3.63) is 118 Å². The Bertz CT molecular complexity index is 2970. The lowest BCUT2D eigenvalue weighted by molar-refractivity contribution is -0.279.